The molecule has 0 bridgehead atoms. The fraction of sp³-hybridized carbons (Fsp3) is 0.929. The Labute approximate surface area is 109 Å². The van der Waals surface area contributed by atoms with Gasteiger partial charge in [0.15, 0.2) is 0 Å². The Morgan fingerprint density at radius 3 is 2.72 bits per heavy atom. The monoisotopic (exact) mass is 255 g/mol. The van der Waals surface area contributed by atoms with E-state index in [0.29, 0.717) is 13.0 Å². The van der Waals surface area contributed by atoms with Crippen LogP contribution in [0.3, 0.4) is 0 Å². The van der Waals surface area contributed by atoms with E-state index in [-0.39, 0.29) is 12.0 Å². The van der Waals surface area contributed by atoms with Crippen molar-refractivity contribution in [2.45, 2.75) is 69.5 Å². The molecule has 2 N–H and O–H groups in total. The molecule has 0 aromatic heterocycles. The molecule has 1 aliphatic heterocycles. The maximum absolute atomic E-state index is 11.7. The van der Waals surface area contributed by atoms with Crippen LogP contribution in [0.1, 0.15) is 57.8 Å². The minimum absolute atomic E-state index is 0.0458. The highest BCUT2D eigenvalue weighted by Gasteiger charge is 2.29. The molecule has 0 aromatic carbocycles. The molecule has 1 saturated carbocycles. The van der Waals surface area contributed by atoms with Gasteiger partial charge in [0.05, 0.1) is 11.7 Å². The molecule has 1 aliphatic carbocycles. The van der Waals surface area contributed by atoms with Gasteiger partial charge in [0, 0.05) is 19.6 Å². The Morgan fingerprint density at radius 1 is 1.28 bits per heavy atom. The van der Waals surface area contributed by atoms with Gasteiger partial charge in [-0.05, 0) is 32.1 Å². The van der Waals surface area contributed by atoms with Crippen molar-refractivity contribution in [3.8, 4) is 0 Å². The van der Waals surface area contributed by atoms with Crippen molar-refractivity contribution in [1.82, 2.24) is 5.32 Å². The molecule has 104 valence electrons. The summed E-state index contributed by atoms with van der Waals surface area (Å²) in [4.78, 5) is 11.7. The normalized spacial score (nSPS) is 27.1. The van der Waals surface area contributed by atoms with Gasteiger partial charge in [-0.15, -0.1) is 0 Å². The molecule has 2 rings (SSSR count). The van der Waals surface area contributed by atoms with E-state index in [4.69, 9.17) is 4.74 Å². The average molecular weight is 255 g/mol. The largest absolute Gasteiger partial charge is 0.388 e. The van der Waals surface area contributed by atoms with Crippen LogP contribution in [0.4, 0.5) is 0 Å². The molecule has 1 saturated heterocycles. The van der Waals surface area contributed by atoms with Crippen LogP contribution in [0.15, 0.2) is 0 Å². The first-order valence-corrected chi connectivity index (χ1v) is 7.29. The van der Waals surface area contributed by atoms with Crippen LogP contribution >= 0.6 is 0 Å². The third kappa shape index (κ3) is 4.25. The molecule has 18 heavy (non-hydrogen) atoms. The van der Waals surface area contributed by atoms with E-state index in [0.717, 1.165) is 51.6 Å². The lowest BCUT2D eigenvalue weighted by Gasteiger charge is -2.32. The summed E-state index contributed by atoms with van der Waals surface area (Å²) in [6, 6.07) is 0. The van der Waals surface area contributed by atoms with Crippen molar-refractivity contribution in [2.75, 3.05) is 13.2 Å². The Morgan fingerprint density at radius 2 is 2.06 bits per heavy atom. The van der Waals surface area contributed by atoms with Crippen molar-refractivity contribution in [3.63, 3.8) is 0 Å². The molecule has 2 fully saturated rings. The van der Waals surface area contributed by atoms with Crippen LogP contribution in [-0.4, -0.2) is 35.9 Å². The summed E-state index contributed by atoms with van der Waals surface area (Å²) in [6.07, 6.45) is 8.78. The number of aliphatic hydroxyl groups is 1. The molecule has 0 aromatic rings. The molecule has 1 heterocycles. The van der Waals surface area contributed by atoms with Gasteiger partial charge in [-0.1, -0.05) is 19.3 Å². The smallest absolute Gasteiger partial charge is 0.220 e. The molecular formula is C14H25NO3. The fourth-order valence-corrected chi connectivity index (χ4v) is 2.90. The minimum atomic E-state index is -0.655. The lowest BCUT2D eigenvalue weighted by molar-refractivity contribution is -0.123. The number of rotatable bonds is 5. The Kier molecular flexibility index (Phi) is 5.01. The third-order valence-electron chi connectivity index (χ3n) is 4.12. The predicted molar refractivity (Wildman–Crippen MR) is 69.3 cm³/mol. The van der Waals surface area contributed by atoms with Crippen LogP contribution in [-0.2, 0) is 9.53 Å². The average Bonchev–Trinajstić information content (AvgIpc) is 2.88. The van der Waals surface area contributed by atoms with Crippen LogP contribution in [0.5, 0.6) is 0 Å². The molecule has 4 nitrogen and oxygen atoms in total. The highest BCUT2D eigenvalue weighted by Crippen LogP contribution is 2.27. The maximum atomic E-state index is 11.7. The topological polar surface area (TPSA) is 58.6 Å². The van der Waals surface area contributed by atoms with Crippen LogP contribution in [0, 0.1) is 0 Å². The predicted octanol–water partition coefficient (Wildman–Crippen LogP) is 1.76. The van der Waals surface area contributed by atoms with Crippen molar-refractivity contribution < 1.29 is 14.6 Å². The van der Waals surface area contributed by atoms with Crippen molar-refractivity contribution >= 4 is 5.91 Å². The summed E-state index contributed by atoms with van der Waals surface area (Å²) in [5.74, 6) is 0.0458. The van der Waals surface area contributed by atoms with E-state index in [9.17, 15) is 9.90 Å². The number of carbonyl (C=O) groups is 1. The molecule has 1 amide bonds. The number of ether oxygens (including phenoxy) is 1. The van der Waals surface area contributed by atoms with E-state index < -0.39 is 5.60 Å². The second-order valence-electron chi connectivity index (χ2n) is 5.74. The number of nitrogens with one attached hydrogen (secondary N) is 1. The van der Waals surface area contributed by atoms with Gasteiger partial charge in [0.25, 0.3) is 0 Å². The zero-order valence-corrected chi connectivity index (χ0v) is 11.1. The first-order chi connectivity index (χ1) is 8.68. The zero-order chi connectivity index (χ0) is 12.8. The van der Waals surface area contributed by atoms with E-state index in [1.807, 2.05) is 0 Å². The Hall–Kier alpha value is -0.610. The Balaban J connectivity index is 1.61. The van der Waals surface area contributed by atoms with E-state index in [1.54, 1.807) is 0 Å². The van der Waals surface area contributed by atoms with Crippen molar-refractivity contribution in [3.05, 3.63) is 0 Å². The first-order valence-electron chi connectivity index (χ1n) is 7.29. The maximum Gasteiger partial charge on any atom is 0.220 e. The van der Waals surface area contributed by atoms with Gasteiger partial charge in [-0.2, -0.15) is 0 Å². The standard InChI is InChI=1S/C14H25NO3/c16-13(7-6-12-5-4-10-18-12)15-11-14(17)8-2-1-3-9-14/h12,17H,1-11H2,(H,15,16). The van der Waals surface area contributed by atoms with E-state index in [2.05, 4.69) is 5.32 Å². The van der Waals surface area contributed by atoms with Gasteiger partial charge < -0.3 is 15.2 Å². The number of amides is 1. The minimum Gasteiger partial charge on any atom is -0.388 e. The molecule has 1 unspecified atom stereocenters. The van der Waals surface area contributed by atoms with E-state index in [1.165, 1.54) is 6.42 Å². The molecule has 0 spiro atoms. The van der Waals surface area contributed by atoms with Gasteiger partial charge >= 0.3 is 0 Å². The fourth-order valence-electron chi connectivity index (χ4n) is 2.90. The second-order valence-corrected chi connectivity index (χ2v) is 5.74. The van der Waals surface area contributed by atoms with E-state index >= 15 is 0 Å². The highest BCUT2D eigenvalue weighted by atomic mass is 16.5. The summed E-state index contributed by atoms with van der Waals surface area (Å²) >= 11 is 0. The molecule has 0 radical (unpaired) electrons. The lowest BCUT2D eigenvalue weighted by Crippen LogP contribution is -2.44. The van der Waals surface area contributed by atoms with Crippen LogP contribution in [0.2, 0.25) is 0 Å². The highest BCUT2D eigenvalue weighted by molar-refractivity contribution is 5.75. The van der Waals surface area contributed by atoms with Gasteiger partial charge in [0.2, 0.25) is 5.91 Å². The molecular weight excluding hydrogens is 230 g/mol. The molecule has 1 atom stereocenters. The third-order valence-corrected chi connectivity index (χ3v) is 4.12. The van der Waals surface area contributed by atoms with Gasteiger partial charge in [0.1, 0.15) is 0 Å². The quantitative estimate of drug-likeness (QED) is 0.787. The summed E-state index contributed by atoms with van der Waals surface area (Å²) < 4.78 is 5.49. The summed E-state index contributed by atoms with van der Waals surface area (Å²) in [5, 5.41) is 13.1. The molecule has 2 aliphatic rings. The number of hydrogen-bond donors (Lipinski definition) is 2. The molecule has 4 heteroatoms. The van der Waals surface area contributed by atoms with Gasteiger partial charge in [-0.3, -0.25) is 4.79 Å². The lowest BCUT2D eigenvalue weighted by atomic mass is 9.85. The number of hydrogen-bond acceptors (Lipinski definition) is 3. The second kappa shape index (κ2) is 6.53. The summed E-state index contributed by atoms with van der Waals surface area (Å²) in [6.45, 7) is 1.25. The summed E-state index contributed by atoms with van der Waals surface area (Å²) in [7, 11) is 0. The van der Waals surface area contributed by atoms with Crippen LogP contribution < -0.4 is 5.32 Å². The SMILES string of the molecule is O=C(CCC1CCCO1)NCC1(O)CCCCC1. The van der Waals surface area contributed by atoms with Crippen LogP contribution in [0.25, 0.3) is 0 Å². The zero-order valence-electron chi connectivity index (χ0n) is 11.1. The van der Waals surface area contributed by atoms with Crippen molar-refractivity contribution in [2.24, 2.45) is 0 Å². The van der Waals surface area contributed by atoms with Crippen molar-refractivity contribution in [1.29, 1.82) is 0 Å². The summed E-state index contributed by atoms with van der Waals surface area (Å²) in [5.41, 5.74) is -0.655. The first kappa shape index (κ1) is 13.8. The number of carbonyl (C=O) groups excluding carboxylic acids is 1. The Bertz CT molecular complexity index is 268. The van der Waals surface area contributed by atoms with Gasteiger partial charge in [-0.25, -0.2) is 0 Å².